The Bertz CT molecular complexity index is 687. The summed E-state index contributed by atoms with van der Waals surface area (Å²) in [7, 11) is 1.93. The van der Waals surface area contributed by atoms with Gasteiger partial charge >= 0.3 is 0 Å². The quantitative estimate of drug-likeness (QED) is 0.900. The number of nitrogens with zero attached hydrogens (tertiary/aromatic N) is 3. The lowest BCUT2D eigenvalue weighted by molar-refractivity contribution is -0.132. The second-order valence-corrected chi connectivity index (χ2v) is 7.57. The lowest BCUT2D eigenvalue weighted by Gasteiger charge is -2.35. The third-order valence-corrected chi connectivity index (χ3v) is 5.87. The van der Waals surface area contributed by atoms with Crippen LogP contribution < -0.4 is 5.32 Å². The fourth-order valence-electron chi connectivity index (χ4n) is 3.80. The molecule has 2 atom stereocenters. The van der Waals surface area contributed by atoms with Crippen molar-refractivity contribution in [3.8, 4) is 11.4 Å². The first kappa shape index (κ1) is 15.8. The van der Waals surface area contributed by atoms with Crippen molar-refractivity contribution in [2.45, 2.75) is 56.7 Å². The standard InChI is InChI=1S/C17H22N4O2S/c1-21(14-8-12-2-3-13(9-14)18-12)16(22)5-4-15-19-17(20-23-15)11-6-7-24-10-11/h6-7,10,12-14,18H,2-5,8-9H2,1H3. The number of amides is 1. The molecule has 4 rings (SSSR count). The molecule has 0 aliphatic carbocycles. The minimum absolute atomic E-state index is 0.164. The SMILES string of the molecule is CN(C(=O)CCc1nc(-c2ccsc2)no1)C1CC2CCC(C1)N2. The van der Waals surface area contributed by atoms with E-state index in [4.69, 9.17) is 4.52 Å². The van der Waals surface area contributed by atoms with Crippen molar-refractivity contribution >= 4 is 17.2 Å². The van der Waals surface area contributed by atoms with E-state index in [1.807, 2.05) is 28.8 Å². The van der Waals surface area contributed by atoms with E-state index in [2.05, 4.69) is 15.5 Å². The molecule has 2 aromatic heterocycles. The number of hydrogen-bond acceptors (Lipinski definition) is 6. The summed E-state index contributed by atoms with van der Waals surface area (Å²) in [6.45, 7) is 0. The Labute approximate surface area is 145 Å². The molecule has 2 aliphatic rings. The maximum absolute atomic E-state index is 12.5. The fourth-order valence-corrected chi connectivity index (χ4v) is 4.44. The lowest BCUT2D eigenvalue weighted by Crippen LogP contribution is -2.48. The maximum atomic E-state index is 12.5. The van der Waals surface area contributed by atoms with Crippen LogP contribution in [-0.2, 0) is 11.2 Å². The molecule has 0 radical (unpaired) electrons. The van der Waals surface area contributed by atoms with E-state index in [0.717, 1.165) is 18.4 Å². The Kier molecular flexibility index (Phi) is 4.37. The zero-order valence-corrected chi connectivity index (χ0v) is 14.6. The van der Waals surface area contributed by atoms with Crippen molar-refractivity contribution < 1.29 is 9.32 Å². The normalized spacial score (nSPS) is 25.8. The van der Waals surface area contributed by atoms with Gasteiger partial charge < -0.3 is 14.7 Å². The van der Waals surface area contributed by atoms with Crippen LogP contribution in [0, 0.1) is 0 Å². The molecule has 4 heterocycles. The highest BCUT2D eigenvalue weighted by atomic mass is 32.1. The highest BCUT2D eigenvalue weighted by molar-refractivity contribution is 7.08. The number of aromatic nitrogens is 2. The number of carbonyl (C=O) groups excluding carboxylic acids is 1. The Balaban J connectivity index is 1.31. The Hall–Kier alpha value is -1.73. The largest absolute Gasteiger partial charge is 0.343 e. The zero-order valence-electron chi connectivity index (χ0n) is 13.8. The van der Waals surface area contributed by atoms with Crippen molar-refractivity contribution in [3.63, 3.8) is 0 Å². The summed E-state index contributed by atoms with van der Waals surface area (Å²) in [5, 5.41) is 11.6. The molecule has 2 fully saturated rings. The summed E-state index contributed by atoms with van der Waals surface area (Å²) in [4.78, 5) is 18.8. The van der Waals surface area contributed by atoms with E-state index in [1.165, 1.54) is 12.8 Å². The first-order valence-electron chi connectivity index (χ1n) is 8.56. The van der Waals surface area contributed by atoms with Gasteiger partial charge in [-0.2, -0.15) is 16.3 Å². The molecule has 128 valence electrons. The zero-order chi connectivity index (χ0) is 16.5. The van der Waals surface area contributed by atoms with Crippen LogP contribution in [0.15, 0.2) is 21.3 Å². The van der Waals surface area contributed by atoms with Gasteiger partial charge in [-0.25, -0.2) is 0 Å². The molecule has 6 nitrogen and oxygen atoms in total. The number of hydrogen-bond donors (Lipinski definition) is 1. The molecule has 0 saturated carbocycles. The number of nitrogens with one attached hydrogen (secondary N) is 1. The van der Waals surface area contributed by atoms with Crippen molar-refractivity contribution in [2.24, 2.45) is 0 Å². The fraction of sp³-hybridized carbons (Fsp3) is 0.588. The summed E-state index contributed by atoms with van der Waals surface area (Å²) in [5.41, 5.74) is 0.962. The topological polar surface area (TPSA) is 71.3 Å². The van der Waals surface area contributed by atoms with E-state index in [-0.39, 0.29) is 5.91 Å². The molecular formula is C17H22N4O2S. The van der Waals surface area contributed by atoms with Gasteiger partial charge in [0, 0.05) is 49.0 Å². The molecule has 1 N–H and O–H groups in total. The van der Waals surface area contributed by atoms with Crippen molar-refractivity contribution in [1.29, 1.82) is 0 Å². The highest BCUT2D eigenvalue weighted by Gasteiger charge is 2.36. The molecule has 2 aromatic rings. The molecule has 2 saturated heterocycles. The van der Waals surface area contributed by atoms with Gasteiger partial charge in [-0.3, -0.25) is 4.79 Å². The van der Waals surface area contributed by atoms with Crippen LogP contribution in [0.25, 0.3) is 11.4 Å². The van der Waals surface area contributed by atoms with Gasteiger partial charge in [0.25, 0.3) is 0 Å². The molecule has 0 aromatic carbocycles. The Morgan fingerprint density at radius 1 is 1.42 bits per heavy atom. The van der Waals surface area contributed by atoms with Gasteiger partial charge in [0.05, 0.1) is 0 Å². The smallest absolute Gasteiger partial charge is 0.227 e. The predicted octanol–water partition coefficient (Wildman–Crippen LogP) is 2.47. The van der Waals surface area contributed by atoms with Crippen LogP contribution in [0.1, 0.15) is 38.0 Å². The van der Waals surface area contributed by atoms with Gasteiger partial charge in [0.1, 0.15) is 0 Å². The number of piperidine rings is 1. The second kappa shape index (κ2) is 6.64. The highest BCUT2D eigenvalue weighted by Crippen LogP contribution is 2.29. The van der Waals surface area contributed by atoms with Gasteiger partial charge in [-0.05, 0) is 37.1 Å². The molecule has 2 aliphatic heterocycles. The van der Waals surface area contributed by atoms with E-state index in [1.54, 1.807) is 11.3 Å². The molecule has 2 unspecified atom stereocenters. The molecule has 7 heteroatoms. The number of carbonyl (C=O) groups is 1. The monoisotopic (exact) mass is 346 g/mol. The summed E-state index contributed by atoms with van der Waals surface area (Å²) in [6, 6.07) is 3.51. The third kappa shape index (κ3) is 3.23. The van der Waals surface area contributed by atoms with Gasteiger partial charge in [-0.1, -0.05) is 5.16 Å². The number of fused-ring (bicyclic) bond motifs is 2. The van der Waals surface area contributed by atoms with Crippen molar-refractivity contribution in [2.75, 3.05) is 7.05 Å². The van der Waals surface area contributed by atoms with Crippen molar-refractivity contribution in [1.82, 2.24) is 20.4 Å². The molecule has 0 spiro atoms. The van der Waals surface area contributed by atoms with E-state index >= 15 is 0 Å². The average Bonchev–Trinajstić information content (AvgIpc) is 3.32. The lowest BCUT2D eigenvalue weighted by atomic mass is 9.98. The predicted molar refractivity (Wildman–Crippen MR) is 91.7 cm³/mol. The van der Waals surface area contributed by atoms with Crippen LogP contribution >= 0.6 is 11.3 Å². The first-order chi connectivity index (χ1) is 11.7. The van der Waals surface area contributed by atoms with E-state index < -0.39 is 0 Å². The van der Waals surface area contributed by atoms with Crippen LogP contribution in [0.3, 0.4) is 0 Å². The molecule has 2 bridgehead atoms. The third-order valence-electron chi connectivity index (χ3n) is 5.19. The van der Waals surface area contributed by atoms with E-state index in [9.17, 15) is 4.79 Å². The van der Waals surface area contributed by atoms with Crippen LogP contribution in [-0.4, -0.2) is 46.1 Å². The van der Waals surface area contributed by atoms with Gasteiger partial charge in [0.15, 0.2) is 0 Å². The van der Waals surface area contributed by atoms with Crippen LogP contribution in [0.4, 0.5) is 0 Å². The van der Waals surface area contributed by atoms with Gasteiger partial charge in [-0.15, -0.1) is 0 Å². The maximum Gasteiger partial charge on any atom is 0.227 e. The summed E-state index contributed by atoms with van der Waals surface area (Å²) >= 11 is 1.60. The molecule has 1 amide bonds. The van der Waals surface area contributed by atoms with Gasteiger partial charge in [0.2, 0.25) is 17.6 Å². The number of aryl methyl sites for hydroxylation is 1. The molecule has 24 heavy (non-hydrogen) atoms. The van der Waals surface area contributed by atoms with Crippen molar-refractivity contribution in [3.05, 3.63) is 22.7 Å². The Morgan fingerprint density at radius 2 is 2.21 bits per heavy atom. The minimum atomic E-state index is 0.164. The minimum Gasteiger partial charge on any atom is -0.343 e. The Morgan fingerprint density at radius 3 is 2.92 bits per heavy atom. The van der Waals surface area contributed by atoms with E-state index in [0.29, 0.717) is 42.7 Å². The summed E-state index contributed by atoms with van der Waals surface area (Å²) < 4.78 is 5.27. The number of thiophene rings is 1. The number of rotatable bonds is 5. The second-order valence-electron chi connectivity index (χ2n) is 6.79. The molecular weight excluding hydrogens is 324 g/mol. The summed E-state index contributed by atoms with van der Waals surface area (Å²) in [6.07, 6.45) is 5.55. The van der Waals surface area contributed by atoms with Crippen LogP contribution in [0.2, 0.25) is 0 Å². The first-order valence-corrected chi connectivity index (χ1v) is 9.50. The average molecular weight is 346 g/mol. The van der Waals surface area contributed by atoms with Crippen LogP contribution in [0.5, 0.6) is 0 Å². The summed E-state index contributed by atoms with van der Waals surface area (Å²) in [5.74, 6) is 1.29.